The van der Waals surface area contributed by atoms with Crippen molar-refractivity contribution in [2.24, 2.45) is 0 Å². The summed E-state index contributed by atoms with van der Waals surface area (Å²) in [5.41, 5.74) is 2.25. The van der Waals surface area contributed by atoms with Gasteiger partial charge < -0.3 is 4.52 Å². The highest BCUT2D eigenvalue weighted by Gasteiger charge is 2.29. The van der Waals surface area contributed by atoms with Crippen molar-refractivity contribution in [3.8, 4) is 0 Å². The zero-order valence-corrected chi connectivity index (χ0v) is 11.5. The van der Waals surface area contributed by atoms with Crippen LogP contribution in [0.1, 0.15) is 40.9 Å². The number of nitrogens with zero attached hydrogens (tertiary/aromatic N) is 3. The minimum atomic E-state index is 0.471. The summed E-state index contributed by atoms with van der Waals surface area (Å²) in [5, 5.41) is 7.32. The van der Waals surface area contributed by atoms with Crippen LogP contribution in [0.15, 0.2) is 16.1 Å². The predicted octanol–water partition coefficient (Wildman–Crippen LogP) is 3.09. The second kappa shape index (κ2) is 4.82. The van der Waals surface area contributed by atoms with Gasteiger partial charge >= 0.3 is 0 Å². The average molecular weight is 263 g/mol. The molecule has 1 atom stereocenters. The van der Waals surface area contributed by atoms with Crippen LogP contribution >= 0.6 is 11.3 Å². The van der Waals surface area contributed by atoms with E-state index in [-0.39, 0.29) is 0 Å². The molecule has 1 aliphatic rings. The molecule has 2 aromatic rings. The Bertz CT molecular complexity index is 501. The van der Waals surface area contributed by atoms with Crippen LogP contribution in [0.3, 0.4) is 0 Å². The van der Waals surface area contributed by atoms with Gasteiger partial charge in [-0.2, -0.15) is 0 Å². The number of thiazole rings is 1. The topological polar surface area (TPSA) is 42.2 Å². The molecule has 0 N–H and O–H groups in total. The second-order valence-corrected chi connectivity index (χ2v) is 5.73. The predicted molar refractivity (Wildman–Crippen MR) is 70.5 cm³/mol. The first-order valence-corrected chi connectivity index (χ1v) is 7.19. The average Bonchev–Trinajstić information content (AvgIpc) is 3.06. The minimum Gasteiger partial charge on any atom is -0.361 e. The van der Waals surface area contributed by atoms with Gasteiger partial charge in [-0.3, -0.25) is 4.90 Å². The van der Waals surface area contributed by atoms with E-state index in [2.05, 4.69) is 20.4 Å². The number of hydrogen-bond acceptors (Lipinski definition) is 5. The molecule has 0 aromatic carbocycles. The highest BCUT2D eigenvalue weighted by molar-refractivity contribution is 7.09. The van der Waals surface area contributed by atoms with Gasteiger partial charge in [-0.25, -0.2) is 4.98 Å². The molecule has 0 radical (unpaired) electrons. The van der Waals surface area contributed by atoms with Crippen LogP contribution in [0.5, 0.6) is 0 Å². The summed E-state index contributed by atoms with van der Waals surface area (Å²) in [6, 6.07) is 0.471. The smallest absolute Gasteiger partial charge is 0.138 e. The van der Waals surface area contributed by atoms with E-state index in [1.165, 1.54) is 23.4 Å². The Labute approximate surface area is 111 Å². The second-order valence-electron chi connectivity index (χ2n) is 4.80. The number of aromatic nitrogens is 2. The molecule has 0 aliphatic carbocycles. The Morgan fingerprint density at radius 3 is 3.06 bits per heavy atom. The van der Waals surface area contributed by atoms with Crippen LogP contribution in [0.4, 0.5) is 0 Å². The van der Waals surface area contributed by atoms with Crippen LogP contribution in [0.25, 0.3) is 0 Å². The number of rotatable bonds is 3. The Kier molecular flexibility index (Phi) is 3.18. The summed E-state index contributed by atoms with van der Waals surface area (Å²) in [4.78, 5) is 6.95. The van der Waals surface area contributed by atoms with Crippen molar-refractivity contribution in [1.82, 2.24) is 15.0 Å². The summed E-state index contributed by atoms with van der Waals surface area (Å²) in [7, 11) is 0. The van der Waals surface area contributed by atoms with Crippen LogP contribution in [0.2, 0.25) is 0 Å². The van der Waals surface area contributed by atoms with Crippen molar-refractivity contribution in [3.63, 3.8) is 0 Å². The van der Waals surface area contributed by atoms with E-state index in [0.29, 0.717) is 6.04 Å². The van der Waals surface area contributed by atoms with E-state index in [1.807, 2.05) is 20.0 Å². The van der Waals surface area contributed by atoms with E-state index < -0.39 is 0 Å². The SMILES string of the molecule is Cc1noc(C)c1CN1CCC[C@@H]1c1nccs1. The maximum atomic E-state index is 5.24. The zero-order chi connectivity index (χ0) is 12.5. The molecular formula is C13H17N3OS. The Morgan fingerprint density at radius 1 is 1.50 bits per heavy atom. The third-order valence-corrected chi connectivity index (χ3v) is 4.52. The normalized spacial score (nSPS) is 20.7. The fourth-order valence-electron chi connectivity index (χ4n) is 2.62. The molecule has 2 aromatic heterocycles. The summed E-state index contributed by atoms with van der Waals surface area (Å²) in [6.07, 6.45) is 4.34. The molecular weight excluding hydrogens is 246 g/mol. The molecule has 4 nitrogen and oxygen atoms in total. The van der Waals surface area contributed by atoms with Crippen molar-refractivity contribution in [3.05, 3.63) is 33.6 Å². The molecule has 3 heterocycles. The lowest BCUT2D eigenvalue weighted by Gasteiger charge is -2.22. The lowest BCUT2D eigenvalue weighted by molar-refractivity contribution is 0.246. The highest BCUT2D eigenvalue weighted by atomic mass is 32.1. The number of likely N-dealkylation sites (tertiary alicyclic amines) is 1. The molecule has 5 heteroatoms. The molecule has 0 bridgehead atoms. The van der Waals surface area contributed by atoms with Crippen molar-refractivity contribution in [1.29, 1.82) is 0 Å². The van der Waals surface area contributed by atoms with Crippen LogP contribution in [-0.2, 0) is 6.54 Å². The summed E-state index contributed by atoms with van der Waals surface area (Å²) >= 11 is 1.75. The maximum Gasteiger partial charge on any atom is 0.138 e. The quantitative estimate of drug-likeness (QED) is 0.853. The van der Waals surface area contributed by atoms with E-state index >= 15 is 0 Å². The first-order chi connectivity index (χ1) is 8.75. The lowest BCUT2D eigenvalue weighted by atomic mass is 10.1. The fraction of sp³-hybridized carbons (Fsp3) is 0.538. The van der Waals surface area contributed by atoms with Gasteiger partial charge in [-0.05, 0) is 33.2 Å². The van der Waals surface area contributed by atoms with Crippen molar-refractivity contribution in [2.75, 3.05) is 6.54 Å². The van der Waals surface area contributed by atoms with Gasteiger partial charge in [0.05, 0.1) is 11.7 Å². The van der Waals surface area contributed by atoms with Crippen molar-refractivity contribution >= 4 is 11.3 Å². The van der Waals surface area contributed by atoms with Gasteiger partial charge in [0.15, 0.2) is 0 Å². The van der Waals surface area contributed by atoms with Gasteiger partial charge in [0.1, 0.15) is 10.8 Å². The van der Waals surface area contributed by atoms with Gasteiger partial charge in [0.2, 0.25) is 0 Å². The monoisotopic (exact) mass is 263 g/mol. The standard InChI is InChI=1S/C13H17N3OS/c1-9-11(10(2)17-15-9)8-16-6-3-4-12(16)13-14-5-7-18-13/h5,7,12H,3-4,6,8H2,1-2H3/t12-/m1/s1. The largest absolute Gasteiger partial charge is 0.361 e. The molecule has 0 spiro atoms. The molecule has 0 amide bonds. The van der Waals surface area contributed by atoms with Gasteiger partial charge in [0, 0.05) is 23.7 Å². The summed E-state index contributed by atoms with van der Waals surface area (Å²) < 4.78 is 5.24. The third kappa shape index (κ3) is 2.08. The third-order valence-electron chi connectivity index (χ3n) is 3.64. The number of aryl methyl sites for hydroxylation is 2. The Hall–Kier alpha value is -1.20. The maximum absolute atomic E-state index is 5.24. The van der Waals surface area contributed by atoms with Crippen LogP contribution in [0, 0.1) is 13.8 Å². The molecule has 18 heavy (non-hydrogen) atoms. The molecule has 1 saturated heterocycles. The molecule has 0 unspecified atom stereocenters. The minimum absolute atomic E-state index is 0.471. The number of hydrogen-bond donors (Lipinski definition) is 0. The Morgan fingerprint density at radius 2 is 2.39 bits per heavy atom. The zero-order valence-electron chi connectivity index (χ0n) is 10.7. The van der Waals surface area contributed by atoms with Crippen molar-refractivity contribution in [2.45, 2.75) is 39.3 Å². The summed E-state index contributed by atoms with van der Waals surface area (Å²) in [5.74, 6) is 0.942. The lowest BCUT2D eigenvalue weighted by Crippen LogP contribution is -2.23. The molecule has 96 valence electrons. The van der Waals surface area contributed by atoms with Gasteiger partial charge in [-0.1, -0.05) is 5.16 Å². The van der Waals surface area contributed by atoms with Crippen LogP contribution < -0.4 is 0 Å². The van der Waals surface area contributed by atoms with Crippen molar-refractivity contribution < 1.29 is 4.52 Å². The molecule has 1 fully saturated rings. The molecule has 1 aliphatic heterocycles. The first kappa shape index (κ1) is 11.9. The van der Waals surface area contributed by atoms with Gasteiger partial charge in [-0.15, -0.1) is 11.3 Å². The van der Waals surface area contributed by atoms with Crippen LogP contribution in [-0.4, -0.2) is 21.6 Å². The Balaban J connectivity index is 1.80. The van der Waals surface area contributed by atoms with E-state index in [4.69, 9.17) is 4.52 Å². The van der Waals surface area contributed by atoms with Gasteiger partial charge in [0.25, 0.3) is 0 Å². The van der Waals surface area contributed by atoms with E-state index in [1.54, 1.807) is 11.3 Å². The highest BCUT2D eigenvalue weighted by Crippen LogP contribution is 2.34. The summed E-state index contributed by atoms with van der Waals surface area (Å²) in [6.45, 7) is 6.06. The van der Waals surface area contributed by atoms with E-state index in [9.17, 15) is 0 Å². The molecule has 0 saturated carbocycles. The fourth-order valence-corrected chi connectivity index (χ4v) is 3.43. The van der Waals surface area contributed by atoms with E-state index in [0.717, 1.165) is 24.5 Å². The first-order valence-electron chi connectivity index (χ1n) is 6.31. The molecule has 3 rings (SSSR count).